The van der Waals surface area contributed by atoms with Gasteiger partial charge in [0.05, 0.1) is 11.1 Å². The molecular formula is C9H4FNO3. The molecule has 1 N–H and O–H groups in total. The number of rotatable bonds is 2. The molecule has 0 aliphatic rings. The summed E-state index contributed by atoms with van der Waals surface area (Å²) in [4.78, 5) is 20.8. The number of carboxylic acids is 1. The van der Waals surface area contributed by atoms with E-state index in [9.17, 15) is 14.0 Å². The molecule has 0 radical (unpaired) electrons. The van der Waals surface area contributed by atoms with E-state index in [4.69, 9.17) is 10.4 Å². The number of hydrogen-bond acceptors (Lipinski definition) is 3. The van der Waals surface area contributed by atoms with Crippen molar-refractivity contribution in [1.29, 1.82) is 5.26 Å². The first-order chi connectivity index (χ1) is 6.60. The molecular weight excluding hydrogens is 189 g/mol. The van der Waals surface area contributed by atoms with Crippen LogP contribution in [-0.4, -0.2) is 17.4 Å². The fraction of sp³-hybridized carbons (Fsp3) is 0. The van der Waals surface area contributed by atoms with Gasteiger partial charge in [0.2, 0.25) is 0 Å². The highest BCUT2D eigenvalue weighted by atomic mass is 19.1. The second-order valence-electron chi connectivity index (χ2n) is 2.46. The Morgan fingerprint density at radius 3 is 2.64 bits per heavy atom. The predicted molar refractivity (Wildman–Crippen MR) is 43.5 cm³/mol. The number of halogens is 1. The van der Waals surface area contributed by atoms with Crippen LogP contribution in [0.2, 0.25) is 0 Å². The topological polar surface area (TPSA) is 78.2 Å². The highest BCUT2D eigenvalue weighted by Crippen LogP contribution is 2.14. The number of carbonyl (C=O) groups excluding carboxylic acids is 1. The van der Waals surface area contributed by atoms with E-state index in [1.54, 1.807) is 0 Å². The Kier molecular flexibility index (Phi) is 2.58. The van der Waals surface area contributed by atoms with Crippen molar-refractivity contribution < 1.29 is 19.1 Å². The molecule has 4 nitrogen and oxygen atoms in total. The van der Waals surface area contributed by atoms with Crippen LogP contribution in [0.15, 0.2) is 12.1 Å². The molecule has 0 atom stereocenters. The van der Waals surface area contributed by atoms with Gasteiger partial charge in [0, 0.05) is 5.56 Å². The summed E-state index contributed by atoms with van der Waals surface area (Å²) in [5, 5.41) is 17.0. The summed E-state index contributed by atoms with van der Waals surface area (Å²) in [6, 6.07) is 3.34. The Labute approximate surface area is 78.2 Å². The smallest absolute Gasteiger partial charge is 0.338 e. The van der Waals surface area contributed by atoms with E-state index in [1.807, 2.05) is 0 Å². The third kappa shape index (κ3) is 1.59. The molecule has 5 heteroatoms. The van der Waals surface area contributed by atoms with Crippen molar-refractivity contribution in [3.8, 4) is 6.07 Å². The first kappa shape index (κ1) is 9.86. The largest absolute Gasteiger partial charge is 0.478 e. The fourth-order valence-electron chi connectivity index (χ4n) is 0.952. The second-order valence-corrected chi connectivity index (χ2v) is 2.46. The van der Waals surface area contributed by atoms with Crippen molar-refractivity contribution in [2.24, 2.45) is 0 Å². The molecule has 1 aromatic rings. The Bertz CT molecular complexity index is 448. The highest BCUT2D eigenvalue weighted by Gasteiger charge is 2.15. The third-order valence-electron chi connectivity index (χ3n) is 1.58. The molecule has 70 valence electrons. The quantitative estimate of drug-likeness (QED) is 0.716. The van der Waals surface area contributed by atoms with Gasteiger partial charge in [-0.1, -0.05) is 0 Å². The van der Waals surface area contributed by atoms with Crippen molar-refractivity contribution in [2.75, 3.05) is 0 Å². The van der Waals surface area contributed by atoms with Crippen LogP contribution in [0.1, 0.15) is 26.3 Å². The van der Waals surface area contributed by atoms with Crippen molar-refractivity contribution in [3.63, 3.8) is 0 Å². The van der Waals surface area contributed by atoms with Crippen molar-refractivity contribution in [2.45, 2.75) is 0 Å². The lowest BCUT2D eigenvalue weighted by Gasteiger charge is -2.00. The average Bonchev–Trinajstić information content (AvgIpc) is 2.17. The molecule has 0 aliphatic carbocycles. The SMILES string of the molecule is N#Cc1cc(C=O)cc(C(=O)O)c1F. The van der Waals surface area contributed by atoms with E-state index < -0.39 is 22.9 Å². The summed E-state index contributed by atoms with van der Waals surface area (Å²) in [5.74, 6) is -2.63. The number of hydrogen-bond donors (Lipinski definition) is 1. The summed E-state index contributed by atoms with van der Waals surface area (Å²) in [6.45, 7) is 0. The van der Waals surface area contributed by atoms with Crippen LogP contribution in [0.5, 0.6) is 0 Å². The molecule has 14 heavy (non-hydrogen) atoms. The Morgan fingerprint density at radius 2 is 2.21 bits per heavy atom. The number of aldehydes is 1. The zero-order valence-corrected chi connectivity index (χ0v) is 6.82. The van der Waals surface area contributed by atoms with Gasteiger partial charge in [-0.3, -0.25) is 4.79 Å². The molecule has 0 fully saturated rings. The van der Waals surface area contributed by atoms with Crippen LogP contribution < -0.4 is 0 Å². The van der Waals surface area contributed by atoms with Gasteiger partial charge in [-0.15, -0.1) is 0 Å². The average molecular weight is 193 g/mol. The Balaban J connectivity index is 3.51. The maximum atomic E-state index is 13.1. The van der Waals surface area contributed by atoms with E-state index in [0.717, 1.165) is 12.1 Å². The number of carbonyl (C=O) groups is 2. The van der Waals surface area contributed by atoms with Gasteiger partial charge in [-0.05, 0) is 12.1 Å². The fourth-order valence-corrected chi connectivity index (χ4v) is 0.952. The van der Waals surface area contributed by atoms with Crippen molar-refractivity contribution in [1.82, 2.24) is 0 Å². The first-order valence-electron chi connectivity index (χ1n) is 3.52. The number of aromatic carboxylic acids is 1. The maximum absolute atomic E-state index is 13.1. The van der Waals surface area contributed by atoms with Crippen molar-refractivity contribution in [3.05, 3.63) is 34.6 Å². The van der Waals surface area contributed by atoms with Crippen molar-refractivity contribution >= 4 is 12.3 Å². The molecule has 0 bridgehead atoms. The molecule has 0 unspecified atom stereocenters. The third-order valence-corrected chi connectivity index (χ3v) is 1.58. The van der Waals surface area contributed by atoms with Crippen LogP contribution >= 0.6 is 0 Å². The summed E-state index contributed by atoms with van der Waals surface area (Å²) in [7, 11) is 0. The van der Waals surface area contributed by atoms with Gasteiger partial charge in [0.15, 0.2) is 5.82 Å². The summed E-state index contributed by atoms with van der Waals surface area (Å²) in [5.41, 5.74) is -1.17. The molecule has 0 heterocycles. The highest BCUT2D eigenvalue weighted by molar-refractivity contribution is 5.91. The Hall–Kier alpha value is -2.22. The molecule has 1 rings (SSSR count). The predicted octanol–water partition coefficient (Wildman–Crippen LogP) is 1.21. The molecule has 0 aromatic heterocycles. The van der Waals surface area contributed by atoms with Gasteiger partial charge in [0.1, 0.15) is 12.4 Å². The van der Waals surface area contributed by atoms with E-state index in [-0.39, 0.29) is 5.56 Å². The van der Waals surface area contributed by atoms with Crippen LogP contribution in [0.3, 0.4) is 0 Å². The maximum Gasteiger partial charge on any atom is 0.338 e. The Morgan fingerprint density at radius 1 is 1.57 bits per heavy atom. The van der Waals surface area contributed by atoms with Gasteiger partial charge < -0.3 is 5.11 Å². The van der Waals surface area contributed by atoms with Crippen LogP contribution in [0, 0.1) is 17.1 Å². The normalized spacial score (nSPS) is 9.14. The molecule has 0 spiro atoms. The lowest BCUT2D eigenvalue weighted by Crippen LogP contribution is -2.04. The van der Waals surface area contributed by atoms with Gasteiger partial charge in [-0.25, -0.2) is 9.18 Å². The molecule has 1 aromatic carbocycles. The summed E-state index contributed by atoms with van der Waals surface area (Å²) in [6.07, 6.45) is 0.354. The lowest BCUT2D eigenvalue weighted by atomic mass is 10.1. The van der Waals surface area contributed by atoms with Gasteiger partial charge in [-0.2, -0.15) is 5.26 Å². The lowest BCUT2D eigenvalue weighted by molar-refractivity contribution is 0.0692. The van der Waals surface area contributed by atoms with E-state index in [0.29, 0.717) is 6.29 Å². The summed E-state index contributed by atoms with van der Waals surface area (Å²) >= 11 is 0. The second kappa shape index (κ2) is 3.66. The molecule has 0 saturated heterocycles. The van der Waals surface area contributed by atoms with E-state index in [1.165, 1.54) is 6.07 Å². The standard InChI is InChI=1S/C9H4FNO3/c10-8-6(3-11)1-5(4-12)2-7(8)9(13)14/h1-2,4H,(H,13,14). The number of carboxylic acid groups (broad SMARTS) is 1. The number of nitrogens with zero attached hydrogens (tertiary/aromatic N) is 1. The molecule has 0 aliphatic heterocycles. The van der Waals surface area contributed by atoms with Crippen LogP contribution in [-0.2, 0) is 0 Å². The molecule has 0 amide bonds. The number of benzene rings is 1. The minimum atomic E-state index is -1.51. The van der Waals surface area contributed by atoms with E-state index in [2.05, 4.69) is 0 Å². The minimum absolute atomic E-state index is 0.0413. The van der Waals surface area contributed by atoms with Crippen LogP contribution in [0.4, 0.5) is 4.39 Å². The van der Waals surface area contributed by atoms with Crippen LogP contribution in [0.25, 0.3) is 0 Å². The first-order valence-corrected chi connectivity index (χ1v) is 3.52. The van der Waals surface area contributed by atoms with Gasteiger partial charge >= 0.3 is 5.97 Å². The summed E-state index contributed by atoms with van der Waals surface area (Å²) < 4.78 is 13.1. The minimum Gasteiger partial charge on any atom is -0.478 e. The van der Waals surface area contributed by atoms with Gasteiger partial charge in [0.25, 0.3) is 0 Å². The zero-order chi connectivity index (χ0) is 10.7. The monoisotopic (exact) mass is 193 g/mol. The zero-order valence-electron chi connectivity index (χ0n) is 6.82. The molecule has 0 saturated carbocycles. The van der Waals surface area contributed by atoms with E-state index >= 15 is 0 Å². The number of nitriles is 1.